The quantitative estimate of drug-likeness (QED) is 0.241. The van der Waals surface area contributed by atoms with Gasteiger partial charge >= 0.3 is 24.3 Å². The molecule has 0 bridgehead atoms. The number of aromatic nitrogens is 5. The summed E-state index contributed by atoms with van der Waals surface area (Å²) in [7, 11) is 0. The van der Waals surface area contributed by atoms with Gasteiger partial charge in [0.15, 0.2) is 5.82 Å². The van der Waals surface area contributed by atoms with Gasteiger partial charge in [0, 0.05) is 60.4 Å². The van der Waals surface area contributed by atoms with E-state index in [-0.39, 0.29) is 5.91 Å². The number of nitrogens with zero attached hydrogens (tertiary/aromatic N) is 5. The Bertz CT molecular complexity index is 1530. The second-order valence-corrected chi connectivity index (χ2v) is 9.05. The normalized spacial score (nSPS) is 12.6. The Balaban J connectivity index is 0.000000317. The highest BCUT2D eigenvalue weighted by molar-refractivity contribution is 6.04. The highest BCUT2D eigenvalue weighted by Gasteiger charge is 2.38. The average Bonchev–Trinajstić information content (AvgIpc) is 3.69. The van der Waals surface area contributed by atoms with E-state index in [9.17, 15) is 31.1 Å². The van der Waals surface area contributed by atoms with E-state index in [4.69, 9.17) is 19.8 Å². The van der Waals surface area contributed by atoms with Crippen LogP contribution in [-0.2, 0) is 16.1 Å². The van der Waals surface area contributed by atoms with E-state index >= 15 is 0 Å². The molecular formula is C27H22F6N6O5. The van der Waals surface area contributed by atoms with Crippen molar-refractivity contribution >= 4 is 23.5 Å². The molecule has 1 aliphatic rings. The van der Waals surface area contributed by atoms with E-state index < -0.39 is 24.3 Å². The van der Waals surface area contributed by atoms with Gasteiger partial charge in [-0.05, 0) is 49.1 Å². The molecule has 0 spiro atoms. The number of nitrogens with one attached hydrogen (secondary N) is 1. The molecule has 17 heteroatoms. The van der Waals surface area contributed by atoms with Gasteiger partial charge in [-0.3, -0.25) is 14.8 Å². The van der Waals surface area contributed by atoms with Crippen LogP contribution in [-0.4, -0.2) is 64.9 Å². The number of hydrogen-bond donors (Lipinski definition) is 3. The van der Waals surface area contributed by atoms with Gasteiger partial charge in [-0.15, -0.1) is 0 Å². The molecule has 0 aromatic carbocycles. The SMILES string of the molecule is O=C(Nc1cccnc1)c1cc(-c2cnc(-c3cccnc3)nc2)cn1CC1CC1.O=C(O)C(F)(F)F.O=C(O)C(F)(F)F. The van der Waals surface area contributed by atoms with Gasteiger partial charge in [0.2, 0.25) is 0 Å². The first kappa shape index (κ1) is 33.2. The molecule has 232 valence electrons. The Morgan fingerprint density at radius 3 is 1.82 bits per heavy atom. The van der Waals surface area contributed by atoms with Crippen LogP contribution in [0, 0.1) is 5.92 Å². The lowest BCUT2D eigenvalue weighted by Gasteiger charge is -2.08. The number of aliphatic carboxylic acids is 2. The Labute approximate surface area is 244 Å². The smallest absolute Gasteiger partial charge is 0.475 e. The van der Waals surface area contributed by atoms with Crippen molar-refractivity contribution in [2.45, 2.75) is 31.7 Å². The molecule has 44 heavy (non-hydrogen) atoms. The van der Waals surface area contributed by atoms with Crippen molar-refractivity contribution in [2.24, 2.45) is 5.92 Å². The van der Waals surface area contributed by atoms with Crippen molar-refractivity contribution < 1.29 is 50.9 Å². The zero-order chi connectivity index (χ0) is 32.5. The molecule has 1 aliphatic carbocycles. The number of halogens is 6. The van der Waals surface area contributed by atoms with E-state index in [1.54, 1.807) is 43.2 Å². The third kappa shape index (κ3) is 10.2. The largest absolute Gasteiger partial charge is 0.490 e. The Morgan fingerprint density at radius 1 is 0.818 bits per heavy atom. The molecule has 3 N–H and O–H groups in total. The molecule has 1 amide bonds. The van der Waals surface area contributed by atoms with Gasteiger partial charge in [0.25, 0.3) is 5.91 Å². The number of pyridine rings is 2. The molecule has 0 radical (unpaired) electrons. The van der Waals surface area contributed by atoms with E-state index in [2.05, 4.69) is 25.3 Å². The van der Waals surface area contributed by atoms with E-state index in [1.807, 2.05) is 35.0 Å². The summed E-state index contributed by atoms with van der Waals surface area (Å²) in [6.07, 6.45) is 4.61. The Hall–Kier alpha value is -5.35. The molecule has 1 saturated carbocycles. The van der Waals surface area contributed by atoms with Gasteiger partial charge in [0.05, 0.1) is 11.9 Å². The molecule has 4 aromatic heterocycles. The van der Waals surface area contributed by atoms with Crippen molar-refractivity contribution in [3.05, 3.63) is 79.4 Å². The number of amides is 1. The molecule has 5 rings (SSSR count). The zero-order valence-corrected chi connectivity index (χ0v) is 22.2. The summed E-state index contributed by atoms with van der Waals surface area (Å²) in [6, 6.07) is 9.31. The van der Waals surface area contributed by atoms with Crippen molar-refractivity contribution in [1.29, 1.82) is 0 Å². The van der Waals surface area contributed by atoms with Crippen molar-refractivity contribution in [3.63, 3.8) is 0 Å². The van der Waals surface area contributed by atoms with Gasteiger partial charge in [-0.2, -0.15) is 26.3 Å². The minimum atomic E-state index is -5.08. The predicted octanol–water partition coefficient (Wildman–Crippen LogP) is 5.33. The summed E-state index contributed by atoms with van der Waals surface area (Å²) in [5.74, 6) is -4.40. The van der Waals surface area contributed by atoms with Crippen LogP contribution in [0.2, 0.25) is 0 Å². The van der Waals surface area contributed by atoms with Crippen LogP contribution >= 0.6 is 0 Å². The summed E-state index contributed by atoms with van der Waals surface area (Å²) in [6.45, 7) is 0.838. The van der Waals surface area contributed by atoms with E-state index in [1.165, 1.54) is 12.8 Å². The third-order valence-corrected chi connectivity index (χ3v) is 5.59. The second-order valence-electron chi connectivity index (χ2n) is 9.05. The van der Waals surface area contributed by atoms with Crippen molar-refractivity contribution in [2.75, 3.05) is 5.32 Å². The zero-order valence-electron chi connectivity index (χ0n) is 22.2. The number of carbonyl (C=O) groups excluding carboxylic acids is 1. The molecule has 1 fully saturated rings. The highest BCUT2D eigenvalue weighted by atomic mass is 19.4. The van der Waals surface area contributed by atoms with Gasteiger partial charge < -0.3 is 20.1 Å². The number of alkyl halides is 6. The van der Waals surface area contributed by atoms with Crippen LogP contribution in [0.1, 0.15) is 23.3 Å². The lowest BCUT2D eigenvalue weighted by atomic mass is 10.1. The number of carboxylic acids is 2. The van der Waals surface area contributed by atoms with Gasteiger partial charge in [-0.25, -0.2) is 19.6 Å². The number of carbonyl (C=O) groups is 3. The van der Waals surface area contributed by atoms with Crippen LogP contribution in [0.15, 0.2) is 73.7 Å². The topological polar surface area (TPSA) is 160 Å². The number of anilines is 1. The Kier molecular flexibility index (Phi) is 10.7. The fraction of sp³-hybridized carbons (Fsp3) is 0.222. The predicted molar refractivity (Wildman–Crippen MR) is 141 cm³/mol. The van der Waals surface area contributed by atoms with Crippen LogP contribution in [0.25, 0.3) is 22.5 Å². The first-order valence-corrected chi connectivity index (χ1v) is 12.4. The van der Waals surface area contributed by atoms with Gasteiger partial charge in [0.1, 0.15) is 5.69 Å². The lowest BCUT2D eigenvalue weighted by molar-refractivity contribution is -0.193. The lowest BCUT2D eigenvalue weighted by Crippen LogP contribution is -2.21. The third-order valence-electron chi connectivity index (χ3n) is 5.59. The maximum Gasteiger partial charge on any atom is 0.490 e. The monoisotopic (exact) mass is 624 g/mol. The summed E-state index contributed by atoms with van der Waals surface area (Å²) in [5.41, 5.74) is 3.95. The summed E-state index contributed by atoms with van der Waals surface area (Å²) in [4.78, 5) is 47.8. The van der Waals surface area contributed by atoms with E-state index in [0.717, 1.165) is 23.2 Å². The minimum Gasteiger partial charge on any atom is -0.475 e. The Morgan fingerprint density at radius 2 is 1.36 bits per heavy atom. The number of hydrogen-bond acceptors (Lipinski definition) is 7. The van der Waals surface area contributed by atoms with Crippen LogP contribution < -0.4 is 5.32 Å². The molecule has 0 atom stereocenters. The first-order valence-electron chi connectivity index (χ1n) is 12.4. The maximum absolute atomic E-state index is 12.9. The van der Waals surface area contributed by atoms with E-state index in [0.29, 0.717) is 23.1 Å². The fourth-order valence-electron chi connectivity index (χ4n) is 3.34. The number of carboxylic acid groups (broad SMARTS) is 2. The van der Waals surface area contributed by atoms with Crippen LogP contribution in [0.5, 0.6) is 0 Å². The number of rotatable bonds is 6. The molecule has 4 aromatic rings. The average molecular weight is 624 g/mol. The van der Waals surface area contributed by atoms with Gasteiger partial charge in [-0.1, -0.05) is 0 Å². The van der Waals surface area contributed by atoms with Crippen LogP contribution in [0.3, 0.4) is 0 Å². The standard InChI is InChI=1S/C23H20N6O.2C2HF3O2/c30-23(28-20-4-2-8-25-13-20)21-9-18(15-29(21)14-16-5-6-16)19-11-26-22(27-12-19)17-3-1-7-24-10-17;2*3-2(4,5)1(6)7/h1-4,7-13,15-16H,5-6,14H2,(H,28,30);2*(H,6,7). The summed E-state index contributed by atoms with van der Waals surface area (Å²) < 4.78 is 65.5. The molecule has 0 unspecified atom stereocenters. The highest BCUT2D eigenvalue weighted by Crippen LogP contribution is 2.33. The summed E-state index contributed by atoms with van der Waals surface area (Å²) in [5, 5.41) is 17.2. The summed E-state index contributed by atoms with van der Waals surface area (Å²) >= 11 is 0. The van der Waals surface area contributed by atoms with Crippen molar-refractivity contribution in [1.82, 2.24) is 24.5 Å². The molecule has 11 nitrogen and oxygen atoms in total. The molecule has 0 saturated heterocycles. The van der Waals surface area contributed by atoms with Crippen molar-refractivity contribution in [3.8, 4) is 22.5 Å². The first-order chi connectivity index (χ1) is 20.6. The molecular weight excluding hydrogens is 602 g/mol. The fourth-order valence-corrected chi connectivity index (χ4v) is 3.34. The molecule has 4 heterocycles. The second kappa shape index (κ2) is 14.2. The van der Waals surface area contributed by atoms with Crippen LogP contribution in [0.4, 0.5) is 32.0 Å². The maximum atomic E-state index is 12.9. The molecule has 0 aliphatic heterocycles. The minimum absolute atomic E-state index is 0.150.